The molecule has 1 aromatic carbocycles. The zero-order valence-corrected chi connectivity index (χ0v) is 13.5. The Morgan fingerprint density at radius 1 is 1.29 bits per heavy atom. The average molecular weight is 362 g/mol. The van der Waals surface area contributed by atoms with Crippen molar-refractivity contribution in [3.63, 3.8) is 0 Å². The normalized spacial score (nSPS) is 18.1. The van der Waals surface area contributed by atoms with Crippen molar-refractivity contribution in [3.05, 3.63) is 33.8 Å². The van der Waals surface area contributed by atoms with Crippen LogP contribution in [0.3, 0.4) is 0 Å². The van der Waals surface area contributed by atoms with Gasteiger partial charge in [-0.05, 0) is 17.7 Å². The Hall–Kier alpha value is -0.170. The molecule has 1 fully saturated rings. The van der Waals surface area contributed by atoms with Gasteiger partial charge in [0, 0.05) is 36.2 Å². The van der Waals surface area contributed by atoms with E-state index in [9.17, 15) is 8.78 Å². The highest BCUT2D eigenvalue weighted by Gasteiger charge is 2.44. The summed E-state index contributed by atoms with van der Waals surface area (Å²) in [7, 11) is 0. The Balaban J connectivity index is 0.00000220. The first kappa shape index (κ1) is 18.9. The van der Waals surface area contributed by atoms with Crippen LogP contribution in [0.25, 0.3) is 0 Å². The summed E-state index contributed by atoms with van der Waals surface area (Å²) in [6.07, 6.45) is 0. The minimum atomic E-state index is -3.27. The number of nitrogens with zero attached hydrogens (tertiary/aromatic N) is 1. The Bertz CT molecular complexity index is 471. The molecule has 1 aliphatic rings. The third-order valence-corrected chi connectivity index (χ3v) is 3.95. The number of hydrogen-bond donors (Lipinski definition) is 2. The van der Waals surface area contributed by atoms with Crippen LogP contribution in [-0.2, 0) is 0 Å². The zero-order chi connectivity index (χ0) is 14.8. The van der Waals surface area contributed by atoms with Crippen LogP contribution in [0.15, 0.2) is 18.2 Å². The van der Waals surface area contributed by atoms with Gasteiger partial charge >= 0.3 is 0 Å². The molecule has 8 heteroatoms. The van der Waals surface area contributed by atoms with Gasteiger partial charge in [-0.1, -0.05) is 29.3 Å². The largest absolute Gasteiger partial charge is 0.390 e. The van der Waals surface area contributed by atoms with Gasteiger partial charge in [0.15, 0.2) is 0 Å². The van der Waals surface area contributed by atoms with Crippen LogP contribution in [-0.4, -0.2) is 48.7 Å². The number of rotatable bonds is 4. The van der Waals surface area contributed by atoms with Gasteiger partial charge in [-0.15, -0.1) is 12.4 Å². The Kier molecular flexibility index (Phi) is 7.10. The number of piperazine rings is 1. The summed E-state index contributed by atoms with van der Waals surface area (Å²) in [5.41, 5.74) is 0.289. The van der Waals surface area contributed by atoms with Crippen molar-refractivity contribution >= 4 is 35.6 Å². The first-order chi connectivity index (χ1) is 9.45. The molecular weight excluding hydrogens is 345 g/mol. The van der Waals surface area contributed by atoms with E-state index >= 15 is 0 Å². The van der Waals surface area contributed by atoms with Crippen LogP contribution in [0.2, 0.25) is 10.0 Å². The first-order valence-corrected chi connectivity index (χ1v) is 7.09. The maximum Gasteiger partial charge on any atom is 0.289 e. The van der Waals surface area contributed by atoms with Crippen molar-refractivity contribution in [1.82, 2.24) is 10.2 Å². The molecule has 1 aliphatic heterocycles. The second-order valence-corrected chi connectivity index (χ2v) is 5.62. The van der Waals surface area contributed by atoms with Gasteiger partial charge in [-0.3, -0.25) is 4.90 Å². The summed E-state index contributed by atoms with van der Waals surface area (Å²) in [4.78, 5) is 1.64. The lowest BCUT2D eigenvalue weighted by Gasteiger charge is -2.39. The number of hydrogen-bond acceptors (Lipinski definition) is 3. The highest BCUT2D eigenvalue weighted by atomic mass is 35.5. The van der Waals surface area contributed by atoms with Crippen LogP contribution < -0.4 is 5.32 Å². The van der Waals surface area contributed by atoms with Gasteiger partial charge in [-0.2, -0.15) is 0 Å². The molecule has 2 N–H and O–H groups in total. The number of benzene rings is 1. The van der Waals surface area contributed by atoms with Crippen molar-refractivity contribution in [3.8, 4) is 0 Å². The lowest BCUT2D eigenvalue weighted by molar-refractivity contribution is -0.118. The van der Waals surface area contributed by atoms with Gasteiger partial charge in [0.2, 0.25) is 0 Å². The molecule has 2 rings (SSSR count). The predicted molar refractivity (Wildman–Crippen MR) is 82.9 cm³/mol. The number of aliphatic hydroxyl groups is 1. The van der Waals surface area contributed by atoms with Gasteiger partial charge in [0.05, 0.1) is 0 Å². The van der Waals surface area contributed by atoms with Crippen molar-refractivity contribution in [2.45, 2.75) is 12.0 Å². The summed E-state index contributed by atoms with van der Waals surface area (Å²) in [5.74, 6) is -3.27. The zero-order valence-electron chi connectivity index (χ0n) is 11.2. The lowest BCUT2D eigenvalue weighted by Crippen LogP contribution is -2.51. The quantitative estimate of drug-likeness (QED) is 0.865. The van der Waals surface area contributed by atoms with Crippen molar-refractivity contribution < 1.29 is 13.9 Å². The molecule has 0 aromatic heterocycles. The molecule has 1 heterocycles. The Morgan fingerprint density at radius 2 is 1.90 bits per heavy atom. The van der Waals surface area contributed by atoms with Gasteiger partial charge in [-0.25, -0.2) is 8.78 Å². The second-order valence-electron chi connectivity index (χ2n) is 4.77. The fraction of sp³-hybridized carbons (Fsp3) is 0.538. The molecule has 0 aliphatic carbocycles. The van der Waals surface area contributed by atoms with E-state index in [1.165, 1.54) is 18.2 Å². The standard InChI is InChI=1S/C13H16Cl2F2N2O.ClH/c14-9-1-2-10(11(15)7-9)12(13(16,17)8-20)19-5-3-18-4-6-19;/h1-2,7,12,18,20H,3-6,8H2;1H/t12-;/m0./s1. The van der Waals surface area contributed by atoms with E-state index in [4.69, 9.17) is 28.3 Å². The summed E-state index contributed by atoms with van der Waals surface area (Å²) in [6, 6.07) is 3.23. The molecule has 0 bridgehead atoms. The smallest absolute Gasteiger partial charge is 0.289 e. The number of nitrogens with one attached hydrogen (secondary N) is 1. The highest BCUT2D eigenvalue weighted by molar-refractivity contribution is 6.35. The fourth-order valence-corrected chi connectivity index (χ4v) is 2.95. The van der Waals surface area contributed by atoms with Crippen molar-refractivity contribution in [1.29, 1.82) is 0 Å². The SMILES string of the molecule is Cl.OCC(F)(F)[C@H](c1ccc(Cl)cc1Cl)N1CCNCC1. The summed E-state index contributed by atoms with van der Waals surface area (Å²) in [6.45, 7) is 0.978. The minimum absolute atomic E-state index is 0. The highest BCUT2D eigenvalue weighted by Crippen LogP contribution is 2.40. The van der Waals surface area contributed by atoms with E-state index in [2.05, 4.69) is 5.32 Å². The molecule has 0 amide bonds. The van der Waals surface area contributed by atoms with Crippen LogP contribution in [0.1, 0.15) is 11.6 Å². The average Bonchev–Trinajstić information content (AvgIpc) is 2.43. The lowest BCUT2D eigenvalue weighted by atomic mass is 9.98. The molecule has 0 unspecified atom stereocenters. The molecular formula is C13H17Cl3F2N2O. The molecule has 1 aromatic rings. The maximum atomic E-state index is 14.2. The molecule has 3 nitrogen and oxygen atoms in total. The van der Waals surface area contributed by atoms with E-state index in [1.807, 2.05) is 0 Å². The Morgan fingerprint density at radius 3 is 2.43 bits per heavy atom. The van der Waals surface area contributed by atoms with Crippen LogP contribution in [0.4, 0.5) is 8.78 Å². The van der Waals surface area contributed by atoms with Gasteiger partial charge < -0.3 is 10.4 Å². The van der Waals surface area contributed by atoms with E-state index in [0.717, 1.165) is 0 Å². The van der Waals surface area contributed by atoms with Gasteiger partial charge in [0.25, 0.3) is 5.92 Å². The topological polar surface area (TPSA) is 35.5 Å². The van der Waals surface area contributed by atoms with Crippen molar-refractivity contribution in [2.24, 2.45) is 0 Å². The summed E-state index contributed by atoms with van der Waals surface area (Å²) in [5, 5.41) is 12.7. The van der Waals surface area contributed by atoms with E-state index in [0.29, 0.717) is 31.2 Å². The summed E-state index contributed by atoms with van der Waals surface area (Å²) >= 11 is 11.9. The monoisotopic (exact) mass is 360 g/mol. The van der Waals surface area contributed by atoms with E-state index in [1.54, 1.807) is 4.90 Å². The second kappa shape index (κ2) is 7.90. The van der Waals surface area contributed by atoms with Crippen LogP contribution in [0, 0.1) is 0 Å². The third-order valence-electron chi connectivity index (χ3n) is 3.38. The molecule has 0 radical (unpaired) electrons. The van der Waals surface area contributed by atoms with Crippen LogP contribution >= 0.6 is 35.6 Å². The molecule has 1 saturated heterocycles. The van der Waals surface area contributed by atoms with E-state index < -0.39 is 18.6 Å². The fourth-order valence-electron chi connectivity index (χ4n) is 2.44. The molecule has 21 heavy (non-hydrogen) atoms. The minimum Gasteiger partial charge on any atom is -0.390 e. The molecule has 0 spiro atoms. The molecule has 120 valence electrons. The number of alkyl halides is 2. The first-order valence-electron chi connectivity index (χ1n) is 6.34. The predicted octanol–water partition coefficient (Wildman–Crippen LogP) is 2.99. The third kappa shape index (κ3) is 4.41. The Labute approximate surface area is 138 Å². The number of halogens is 5. The molecule has 0 saturated carbocycles. The van der Waals surface area contributed by atoms with Crippen molar-refractivity contribution in [2.75, 3.05) is 32.8 Å². The number of aliphatic hydroxyl groups excluding tert-OH is 1. The molecule has 1 atom stereocenters. The van der Waals surface area contributed by atoms with Gasteiger partial charge in [0.1, 0.15) is 12.6 Å². The van der Waals surface area contributed by atoms with E-state index in [-0.39, 0.29) is 23.0 Å². The van der Waals surface area contributed by atoms with Crippen LogP contribution in [0.5, 0.6) is 0 Å². The maximum absolute atomic E-state index is 14.2. The summed E-state index contributed by atoms with van der Waals surface area (Å²) < 4.78 is 28.3.